The van der Waals surface area contributed by atoms with Gasteiger partial charge in [-0.2, -0.15) is 11.8 Å². The van der Waals surface area contributed by atoms with E-state index in [1.54, 1.807) is 0 Å². The Kier molecular flexibility index (Phi) is 14.1. The third-order valence-corrected chi connectivity index (χ3v) is 5.15. The van der Waals surface area contributed by atoms with Crippen LogP contribution in [0.2, 0.25) is 0 Å². The molecule has 0 atom stereocenters. The Morgan fingerprint density at radius 3 is 2.53 bits per heavy atom. The molecule has 1 nitrogen and oxygen atoms in total. The van der Waals surface area contributed by atoms with Gasteiger partial charge in [0.2, 0.25) is 0 Å². The van der Waals surface area contributed by atoms with E-state index in [1.165, 1.54) is 74.7 Å². The van der Waals surface area contributed by atoms with Gasteiger partial charge in [0.05, 0.1) is 0 Å². The van der Waals surface area contributed by atoms with Crippen LogP contribution in [0.5, 0.6) is 0 Å². The van der Waals surface area contributed by atoms with Gasteiger partial charge < -0.3 is 0 Å². The molecule has 0 aromatic rings. The van der Waals surface area contributed by atoms with Crippen LogP contribution in [-0.4, -0.2) is 41.1 Å². The topological polar surface area (TPSA) is 3.24 Å². The highest BCUT2D eigenvalue weighted by Gasteiger charge is 2.10. The summed E-state index contributed by atoms with van der Waals surface area (Å²) < 4.78 is 0. The van der Waals surface area contributed by atoms with Gasteiger partial charge in [0, 0.05) is 18.2 Å². The summed E-state index contributed by atoms with van der Waals surface area (Å²) in [6.07, 6.45) is 8.48. The molecule has 0 radical (unpaired) electrons. The van der Waals surface area contributed by atoms with Gasteiger partial charge in [-0.3, -0.25) is 4.90 Å². The van der Waals surface area contributed by atoms with E-state index in [4.69, 9.17) is 0 Å². The van der Waals surface area contributed by atoms with Crippen molar-refractivity contribution in [2.24, 2.45) is 0 Å². The van der Waals surface area contributed by atoms with Gasteiger partial charge in [0.15, 0.2) is 0 Å². The Morgan fingerprint density at radius 1 is 1.06 bits per heavy atom. The van der Waals surface area contributed by atoms with Crippen LogP contribution >= 0.6 is 35.9 Å². The molecule has 104 valence electrons. The van der Waals surface area contributed by atoms with E-state index >= 15 is 0 Å². The molecule has 0 bridgehead atoms. The summed E-state index contributed by atoms with van der Waals surface area (Å²) in [6, 6.07) is 0. The van der Waals surface area contributed by atoms with E-state index in [9.17, 15) is 0 Å². The minimum atomic E-state index is 0. The van der Waals surface area contributed by atoms with Crippen LogP contribution in [0, 0.1) is 0 Å². The van der Waals surface area contributed by atoms with E-state index in [0.717, 1.165) is 0 Å². The summed E-state index contributed by atoms with van der Waals surface area (Å²) in [5.74, 6) is 5.40. The van der Waals surface area contributed by atoms with Gasteiger partial charge in [-0.15, -0.1) is 24.2 Å². The van der Waals surface area contributed by atoms with Crippen molar-refractivity contribution < 1.29 is 0 Å². The molecule has 0 amide bonds. The van der Waals surface area contributed by atoms with Crippen LogP contribution in [0.1, 0.15) is 45.4 Å². The predicted octanol–water partition coefficient (Wildman–Crippen LogP) is 4.51. The van der Waals surface area contributed by atoms with Crippen molar-refractivity contribution in [3.05, 3.63) is 0 Å². The van der Waals surface area contributed by atoms with Gasteiger partial charge >= 0.3 is 0 Å². The number of nitrogens with zero attached hydrogens (tertiary/aromatic N) is 1. The fourth-order valence-corrected chi connectivity index (χ4v) is 4.01. The van der Waals surface area contributed by atoms with Crippen LogP contribution < -0.4 is 0 Å². The lowest BCUT2D eigenvalue weighted by molar-refractivity contribution is 0.344. The first-order chi connectivity index (χ1) is 7.93. The van der Waals surface area contributed by atoms with Crippen molar-refractivity contribution in [2.45, 2.75) is 45.4 Å². The van der Waals surface area contributed by atoms with Crippen LogP contribution in [-0.2, 0) is 0 Å². The van der Waals surface area contributed by atoms with Crippen LogP contribution in [0.4, 0.5) is 0 Å². The lowest BCUT2D eigenvalue weighted by Gasteiger charge is -2.12. The Bertz CT molecular complexity index is 152. The Labute approximate surface area is 122 Å². The van der Waals surface area contributed by atoms with Crippen LogP contribution in [0.15, 0.2) is 0 Å². The SMILES string of the molecule is CCCCSCCCCCCN1CCSC1.Cl. The van der Waals surface area contributed by atoms with Crippen molar-refractivity contribution >= 4 is 35.9 Å². The molecule has 1 saturated heterocycles. The molecule has 0 aliphatic carbocycles. The lowest BCUT2D eigenvalue weighted by atomic mass is 10.2. The molecule has 0 N–H and O–H groups in total. The maximum Gasteiger partial charge on any atom is 0.0445 e. The third kappa shape index (κ3) is 10.5. The van der Waals surface area contributed by atoms with E-state index in [-0.39, 0.29) is 12.4 Å². The number of hydrogen-bond acceptors (Lipinski definition) is 3. The molecule has 1 aliphatic heterocycles. The summed E-state index contributed by atoms with van der Waals surface area (Å²) in [6.45, 7) is 4.95. The zero-order chi connectivity index (χ0) is 11.5. The molecule has 0 unspecified atom stereocenters. The Balaban J connectivity index is 0.00000256. The average molecular weight is 298 g/mol. The lowest BCUT2D eigenvalue weighted by Crippen LogP contribution is -2.20. The summed E-state index contributed by atoms with van der Waals surface area (Å²) in [5, 5.41) is 0. The zero-order valence-electron chi connectivity index (χ0n) is 11.2. The fraction of sp³-hybridized carbons (Fsp3) is 1.00. The van der Waals surface area contributed by atoms with Crippen molar-refractivity contribution in [1.29, 1.82) is 0 Å². The third-order valence-electron chi connectivity index (χ3n) is 2.98. The van der Waals surface area contributed by atoms with Gasteiger partial charge in [-0.25, -0.2) is 0 Å². The average Bonchev–Trinajstić information content (AvgIpc) is 2.80. The van der Waals surface area contributed by atoms with E-state index in [0.29, 0.717) is 0 Å². The molecular weight excluding hydrogens is 270 g/mol. The molecule has 1 heterocycles. The molecule has 0 saturated carbocycles. The second kappa shape index (κ2) is 13.4. The van der Waals surface area contributed by atoms with Gasteiger partial charge in [0.25, 0.3) is 0 Å². The van der Waals surface area contributed by atoms with Gasteiger partial charge in [-0.05, 0) is 37.3 Å². The summed E-state index contributed by atoms with van der Waals surface area (Å²) in [4.78, 5) is 2.60. The molecule has 4 heteroatoms. The first kappa shape index (κ1) is 17.9. The monoisotopic (exact) mass is 297 g/mol. The predicted molar refractivity (Wildman–Crippen MR) is 86.8 cm³/mol. The Morgan fingerprint density at radius 2 is 1.82 bits per heavy atom. The maximum atomic E-state index is 2.60. The summed E-state index contributed by atoms with van der Waals surface area (Å²) >= 11 is 4.23. The first-order valence-electron chi connectivity index (χ1n) is 6.81. The summed E-state index contributed by atoms with van der Waals surface area (Å²) in [7, 11) is 0. The minimum absolute atomic E-state index is 0. The highest BCUT2D eigenvalue weighted by atomic mass is 35.5. The van der Waals surface area contributed by atoms with Gasteiger partial charge in [-0.1, -0.05) is 26.2 Å². The second-order valence-electron chi connectivity index (χ2n) is 4.54. The highest BCUT2D eigenvalue weighted by Crippen LogP contribution is 2.14. The number of thioether (sulfide) groups is 2. The summed E-state index contributed by atoms with van der Waals surface area (Å²) in [5.41, 5.74) is 0. The Hall–Kier alpha value is 0.950. The zero-order valence-corrected chi connectivity index (χ0v) is 13.6. The molecule has 0 spiro atoms. The minimum Gasteiger partial charge on any atom is -0.293 e. The quantitative estimate of drug-likeness (QED) is 0.546. The van der Waals surface area contributed by atoms with Crippen molar-refractivity contribution in [3.63, 3.8) is 0 Å². The van der Waals surface area contributed by atoms with Gasteiger partial charge in [0.1, 0.15) is 0 Å². The molecule has 0 aromatic carbocycles. The van der Waals surface area contributed by atoms with Crippen molar-refractivity contribution in [3.8, 4) is 0 Å². The van der Waals surface area contributed by atoms with E-state index in [1.807, 2.05) is 0 Å². The molecule has 1 aliphatic rings. The van der Waals surface area contributed by atoms with Crippen molar-refractivity contribution in [2.75, 3.05) is 36.2 Å². The van der Waals surface area contributed by atoms with E-state index < -0.39 is 0 Å². The molecule has 1 rings (SSSR count). The molecule has 1 fully saturated rings. The first-order valence-corrected chi connectivity index (χ1v) is 9.12. The van der Waals surface area contributed by atoms with Crippen LogP contribution in [0.25, 0.3) is 0 Å². The molecule has 17 heavy (non-hydrogen) atoms. The number of hydrogen-bond donors (Lipinski definition) is 0. The highest BCUT2D eigenvalue weighted by molar-refractivity contribution is 7.99. The maximum absolute atomic E-state index is 2.60. The normalized spacial score (nSPS) is 16.1. The second-order valence-corrected chi connectivity index (χ2v) is 6.83. The molecule has 0 aromatic heterocycles. The largest absolute Gasteiger partial charge is 0.293 e. The van der Waals surface area contributed by atoms with Crippen LogP contribution in [0.3, 0.4) is 0 Å². The standard InChI is InChI=1S/C13H27NS2.ClH/c1-2-3-10-15-11-7-5-4-6-8-14-9-12-16-13-14;/h2-13H2,1H3;1H. The van der Waals surface area contributed by atoms with E-state index in [2.05, 4.69) is 35.3 Å². The number of unbranched alkanes of at least 4 members (excludes halogenated alkanes) is 4. The molecular formula is C13H28ClNS2. The van der Waals surface area contributed by atoms with Crippen molar-refractivity contribution in [1.82, 2.24) is 4.90 Å². The fourth-order valence-electron chi connectivity index (χ4n) is 1.87. The number of halogens is 1. The smallest absolute Gasteiger partial charge is 0.0445 e. The number of rotatable bonds is 10.